The molecule has 0 fully saturated rings. The van der Waals surface area contributed by atoms with Gasteiger partial charge in [0, 0.05) is 22.6 Å². The maximum absolute atomic E-state index is 3.44. The second-order valence-electron chi connectivity index (χ2n) is 17.2. The van der Waals surface area contributed by atoms with Gasteiger partial charge in [-0.3, -0.25) is 0 Å². The zero-order chi connectivity index (χ0) is 42.0. The quantitative estimate of drug-likeness (QED) is 0.0261. The van der Waals surface area contributed by atoms with Crippen molar-refractivity contribution in [3.63, 3.8) is 0 Å². The van der Waals surface area contributed by atoms with E-state index in [1.807, 2.05) is 0 Å². The van der Waals surface area contributed by atoms with Crippen LogP contribution < -0.4 is 0 Å². The largest absolute Gasteiger partial charge is 0.127 e. The van der Waals surface area contributed by atoms with Crippen LogP contribution in [0.1, 0.15) is 227 Å². The van der Waals surface area contributed by atoms with E-state index in [9.17, 15) is 0 Å². The summed E-state index contributed by atoms with van der Waals surface area (Å²) in [6.07, 6.45) is 45.6. The van der Waals surface area contributed by atoms with Crippen molar-refractivity contribution in [2.45, 2.75) is 206 Å². The van der Waals surface area contributed by atoms with Crippen molar-refractivity contribution >= 4 is 34.8 Å². The minimum absolute atomic E-state index is 1.01. The molecule has 4 rings (SSSR count). The van der Waals surface area contributed by atoms with Crippen molar-refractivity contribution in [2.75, 3.05) is 0 Å². The molecule has 0 aliphatic carbocycles. The van der Waals surface area contributed by atoms with Gasteiger partial charge in [-0.15, -0.1) is 22.7 Å². The fourth-order valence-electron chi connectivity index (χ4n) is 7.94. The Labute approximate surface area is 377 Å². The average Bonchev–Trinajstić information content (AvgIpc) is 3.96. The Morgan fingerprint density at radius 1 is 0.333 bits per heavy atom. The van der Waals surface area contributed by atoms with Crippen molar-refractivity contribution < 1.29 is 0 Å². The summed E-state index contributed by atoms with van der Waals surface area (Å²) in [4.78, 5) is 4.92. The molecule has 0 aliphatic rings. The molecular formula is C58H80S2. The van der Waals surface area contributed by atoms with E-state index < -0.39 is 0 Å². The van der Waals surface area contributed by atoms with E-state index in [1.54, 1.807) is 22.7 Å². The second kappa shape index (κ2) is 33.3. The van der Waals surface area contributed by atoms with E-state index in [0.29, 0.717) is 0 Å². The third-order valence-electron chi connectivity index (χ3n) is 11.8. The minimum atomic E-state index is 1.01. The lowest BCUT2D eigenvalue weighted by Crippen LogP contribution is -1.83. The van der Waals surface area contributed by atoms with Crippen molar-refractivity contribution in [2.24, 2.45) is 0 Å². The molecule has 0 atom stereocenters. The van der Waals surface area contributed by atoms with Crippen LogP contribution in [0.2, 0.25) is 0 Å². The topological polar surface area (TPSA) is 0 Å². The normalized spacial score (nSPS) is 11.2. The first-order chi connectivity index (χ1) is 29.7. The molecule has 0 bridgehead atoms. The van der Waals surface area contributed by atoms with Crippen molar-refractivity contribution in [1.29, 1.82) is 0 Å². The zero-order valence-corrected chi connectivity index (χ0v) is 39.7. The molecule has 324 valence electrons. The summed E-state index contributed by atoms with van der Waals surface area (Å²) in [5.41, 5.74) is 4.94. The molecule has 4 aromatic rings. The summed E-state index contributed by atoms with van der Waals surface area (Å²) in [6.45, 7) is 4.59. The van der Waals surface area contributed by atoms with Gasteiger partial charge in [0.1, 0.15) is 0 Å². The molecule has 0 nitrogen and oxygen atoms in total. The fourth-order valence-corrected chi connectivity index (χ4v) is 9.72. The predicted octanol–water partition coefficient (Wildman–Crippen LogP) is 19.8. The van der Waals surface area contributed by atoms with Crippen LogP contribution in [-0.4, -0.2) is 0 Å². The maximum Gasteiger partial charge on any atom is 0.0775 e. The first kappa shape index (κ1) is 49.4. The van der Waals surface area contributed by atoms with Crippen LogP contribution in [0.5, 0.6) is 0 Å². The van der Waals surface area contributed by atoms with Crippen LogP contribution in [0.25, 0.3) is 33.0 Å². The molecule has 0 aliphatic heterocycles. The molecule has 0 unspecified atom stereocenters. The fraction of sp³-hybridized carbons (Fsp3) is 0.552. The number of hydrogen-bond donors (Lipinski definition) is 0. The minimum Gasteiger partial charge on any atom is -0.127 e. The second-order valence-corrected chi connectivity index (χ2v) is 19.4. The number of hydrogen-bond acceptors (Lipinski definition) is 2. The first-order valence-electron chi connectivity index (χ1n) is 24.8. The van der Waals surface area contributed by atoms with Gasteiger partial charge < -0.3 is 0 Å². The van der Waals surface area contributed by atoms with Crippen LogP contribution in [-0.2, 0) is 0 Å². The summed E-state index contributed by atoms with van der Waals surface area (Å²) >= 11 is 3.61. The molecular weight excluding hydrogens is 761 g/mol. The molecule has 0 radical (unpaired) electrons. The van der Waals surface area contributed by atoms with Gasteiger partial charge in [0.15, 0.2) is 0 Å². The monoisotopic (exact) mass is 841 g/mol. The summed E-state index contributed by atoms with van der Waals surface area (Å²) in [5, 5.41) is 0. The number of benzene rings is 2. The van der Waals surface area contributed by atoms with Crippen LogP contribution in [0, 0.1) is 23.7 Å². The molecule has 2 aromatic heterocycles. The van der Waals surface area contributed by atoms with Gasteiger partial charge >= 0.3 is 0 Å². The Bertz CT molecular complexity index is 1660. The number of rotatable bonds is 32. The highest BCUT2D eigenvalue weighted by atomic mass is 32.1. The molecule has 0 amide bonds. The summed E-state index contributed by atoms with van der Waals surface area (Å²) in [7, 11) is 0. The van der Waals surface area contributed by atoms with Gasteiger partial charge in [0.05, 0.1) is 9.75 Å². The number of unbranched alkanes of at least 4 members (excludes halogenated alkanes) is 28. The smallest absolute Gasteiger partial charge is 0.0775 e. The van der Waals surface area contributed by atoms with Crippen LogP contribution >= 0.6 is 22.7 Å². The molecule has 2 heteroatoms. The highest BCUT2D eigenvalue weighted by molar-refractivity contribution is 7.16. The SMILES string of the molecule is CCCCCCCCCCCCCCCCC#Cc1ccc(-c2ccc(/C=C/c3ccc(-c4ccc(C#CCCCCCCCCCCCCCCCC)s4)cc3)cc2)s1. The lowest BCUT2D eigenvalue weighted by atomic mass is 10.0. The third-order valence-corrected chi connectivity index (χ3v) is 13.9. The van der Waals surface area contributed by atoms with E-state index in [-0.39, 0.29) is 0 Å². The predicted molar refractivity (Wildman–Crippen MR) is 272 cm³/mol. The molecule has 0 saturated carbocycles. The summed E-state index contributed by atoms with van der Waals surface area (Å²) in [5.74, 6) is 13.7. The highest BCUT2D eigenvalue weighted by Crippen LogP contribution is 2.30. The van der Waals surface area contributed by atoms with Gasteiger partial charge in [0.2, 0.25) is 0 Å². The first-order valence-corrected chi connectivity index (χ1v) is 26.4. The van der Waals surface area contributed by atoms with Gasteiger partial charge in [-0.1, -0.05) is 265 Å². The van der Waals surface area contributed by atoms with E-state index in [0.717, 1.165) is 12.8 Å². The Hall–Kier alpha value is -3.30. The lowest BCUT2D eigenvalue weighted by molar-refractivity contribution is 0.536. The van der Waals surface area contributed by atoms with E-state index in [1.165, 1.54) is 222 Å². The Morgan fingerprint density at radius 3 is 0.917 bits per heavy atom. The highest BCUT2D eigenvalue weighted by Gasteiger charge is 2.04. The molecule has 0 spiro atoms. The molecule has 0 N–H and O–H groups in total. The van der Waals surface area contributed by atoms with Crippen LogP contribution in [0.15, 0.2) is 72.8 Å². The average molecular weight is 841 g/mol. The van der Waals surface area contributed by atoms with Crippen LogP contribution in [0.3, 0.4) is 0 Å². The molecule has 2 aromatic carbocycles. The Balaban J connectivity index is 1.04. The van der Waals surface area contributed by atoms with Crippen LogP contribution in [0.4, 0.5) is 0 Å². The molecule has 60 heavy (non-hydrogen) atoms. The van der Waals surface area contributed by atoms with E-state index >= 15 is 0 Å². The summed E-state index contributed by atoms with van der Waals surface area (Å²) in [6, 6.07) is 26.6. The van der Waals surface area contributed by atoms with Crippen molar-refractivity contribution in [1.82, 2.24) is 0 Å². The maximum atomic E-state index is 3.44. The van der Waals surface area contributed by atoms with E-state index in [2.05, 4.69) is 122 Å². The third kappa shape index (κ3) is 22.5. The number of thiophene rings is 2. The Kier molecular flexibility index (Phi) is 27.4. The zero-order valence-electron chi connectivity index (χ0n) is 38.1. The van der Waals surface area contributed by atoms with Gasteiger partial charge in [0.25, 0.3) is 0 Å². The standard InChI is InChI=1S/C58H80S2/c1-3-5-7-9-11-13-15-17-19-21-23-25-27-29-31-33-35-55-47-49-57(59-55)53-43-39-51(40-44-53)37-38-52-41-45-54(46-42-52)58-50-48-56(60-58)36-34-32-30-28-26-24-22-20-18-16-14-12-10-8-6-4-2/h37-50H,3-32H2,1-2H3/b38-37+. The molecule has 2 heterocycles. The van der Waals surface area contributed by atoms with Crippen molar-refractivity contribution in [3.8, 4) is 44.6 Å². The van der Waals surface area contributed by atoms with Gasteiger partial charge in [-0.25, -0.2) is 0 Å². The van der Waals surface area contributed by atoms with Gasteiger partial charge in [-0.2, -0.15) is 0 Å². The lowest BCUT2D eigenvalue weighted by Gasteiger charge is -2.02. The Morgan fingerprint density at radius 2 is 0.617 bits per heavy atom. The summed E-state index contributed by atoms with van der Waals surface area (Å²) < 4.78 is 0. The molecule has 0 saturated heterocycles. The van der Waals surface area contributed by atoms with Gasteiger partial charge in [-0.05, 0) is 59.4 Å². The van der Waals surface area contributed by atoms with Crippen molar-refractivity contribution in [3.05, 3.63) is 93.7 Å². The van der Waals surface area contributed by atoms with E-state index in [4.69, 9.17) is 0 Å².